The van der Waals surface area contributed by atoms with E-state index in [9.17, 15) is 14.0 Å². The summed E-state index contributed by atoms with van der Waals surface area (Å²) >= 11 is 0. The van der Waals surface area contributed by atoms with Crippen molar-refractivity contribution in [2.45, 2.75) is 19.8 Å². The number of carbonyl (C=O) groups excluding carboxylic acids is 1. The number of likely N-dealkylation sites (tertiary alicyclic amines) is 1. The van der Waals surface area contributed by atoms with Crippen molar-refractivity contribution in [1.82, 2.24) is 4.90 Å². The van der Waals surface area contributed by atoms with Gasteiger partial charge in [0.15, 0.2) is 0 Å². The van der Waals surface area contributed by atoms with Gasteiger partial charge < -0.3 is 10.0 Å². The van der Waals surface area contributed by atoms with Gasteiger partial charge in [0.2, 0.25) is 5.91 Å². The molecule has 1 fully saturated rings. The number of carbonyl (C=O) groups is 2. The lowest BCUT2D eigenvalue weighted by molar-refractivity contribution is -0.152. The summed E-state index contributed by atoms with van der Waals surface area (Å²) < 4.78 is 13.0. The van der Waals surface area contributed by atoms with E-state index >= 15 is 0 Å². The van der Waals surface area contributed by atoms with E-state index in [2.05, 4.69) is 0 Å². The van der Waals surface area contributed by atoms with Gasteiger partial charge in [-0.25, -0.2) is 4.39 Å². The average Bonchev–Trinajstić information content (AvgIpc) is 2.45. The molecule has 0 saturated carbocycles. The molecule has 5 heteroatoms. The summed E-state index contributed by atoms with van der Waals surface area (Å²) in [7, 11) is 0. The van der Waals surface area contributed by atoms with Crippen molar-refractivity contribution in [2.24, 2.45) is 5.41 Å². The summed E-state index contributed by atoms with van der Waals surface area (Å²) in [5.41, 5.74) is -0.126. The Balaban J connectivity index is 1.95. The molecule has 1 N–H and O–H groups in total. The van der Waals surface area contributed by atoms with Crippen LogP contribution < -0.4 is 0 Å². The zero-order valence-electron chi connectivity index (χ0n) is 11.9. The predicted molar refractivity (Wildman–Crippen MR) is 77.0 cm³/mol. The highest BCUT2D eigenvalue weighted by Gasteiger charge is 2.37. The summed E-state index contributed by atoms with van der Waals surface area (Å²) in [6, 6.07) is 5.99. The van der Waals surface area contributed by atoms with Crippen molar-refractivity contribution in [3.8, 4) is 0 Å². The maximum atomic E-state index is 13.0. The standard InChI is InChI=1S/C16H18FNO3/c1-16(15(20)21)7-9-18(10-8-16)14(19)6-5-12-3-2-4-13(17)11-12/h2-6,11H,7-10H2,1H3,(H,20,21). The number of amides is 1. The fraction of sp³-hybridized carbons (Fsp3) is 0.375. The third kappa shape index (κ3) is 3.68. The molecule has 0 atom stereocenters. The van der Waals surface area contributed by atoms with Gasteiger partial charge in [-0.1, -0.05) is 12.1 Å². The molecule has 0 bridgehead atoms. The zero-order chi connectivity index (χ0) is 15.5. The fourth-order valence-electron chi connectivity index (χ4n) is 2.32. The number of carboxylic acids is 1. The van der Waals surface area contributed by atoms with Crippen LogP contribution in [-0.4, -0.2) is 35.0 Å². The van der Waals surface area contributed by atoms with Gasteiger partial charge in [-0.2, -0.15) is 0 Å². The molecule has 1 aliphatic heterocycles. The van der Waals surface area contributed by atoms with Gasteiger partial charge in [-0.05, 0) is 43.5 Å². The second-order valence-corrected chi connectivity index (χ2v) is 5.58. The lowest BCUT2D eigenvalue weighted by Gasteiger charge is -2.35. The first-order valence-electron chi connectivity index (χ1n) is 6.87. The number of benzene rings is 1. The maximum absolute atomic E-state index is 13.0. The van der Waals surface area contributed by atoms with Crippen LogP contribution >= 0.6 is 0 Å². The molecule has 0 spiro atoms. The SMILES string of the molecule is CC1(C(=O)O)CCN(C(=O)C=Cc2cccc(F)c2)CC1. The molecule has 4 nitrogen and oxygen atoms in total. The van der Waals surface area contributed by atoms with Gasteiger partial charge in [0, 0.05) is 19.2 Å². The normalized spacial score (nSPS) is 17.9. The molecular formula is C16H18FNO3. The Morgan fingerprint density at radius 3 is 2.57 bits per heavy atom. The van der Waals surface area contributed by atoms with Crippen molar-refractivity contribution in [2.75, 3.05) is 13.1 Å². The molecule has 2 rings (SSSR count). The largest absolute Gasteiger partial charge is 0.481 e. The molecule has 0 aromatic heterocycles. The van der Waals surface area contributed by atoms with Gasteiger partial charge in [0.05, 0.1) is 5.41 Å². The number of piperidine rings is 1. The molecule has 112 valence electrons. The lowest BCUT2D eigenvalue weighted by atomic mass is 9.80. The highest BCUT2D eigenvalue weighted by atomic mass is 19.1. The minimum Gasteiger partial charge on any atom is -0.481 e. The minimum atomic E-state index is -0.815. The lowest BCUT2D eigenvalue weighted by Crippen LogP contribution is -2.44. The molecule has 0 unspecified atom stereocenters. The van der Waals surface area contributed by atoms with Crippen molar-refractivity contribution in [3.05, 3.63) is 41.7 Å². The van der Waals surface area contributed by atoms with E-state index in [1.54, 1.807) is 30.0 Å². The van der Waals surface area contributed by atoms with Crippen LogP contribution in [0.2, 0.25) is 0 Å². The number of hydrogen-bond acceptors (Lipinski definition) is 2. The highest BCUT2D eigenvalue weighted by Crippen LogP contribution is 2.31. The molecule has 1 aromatic carbocycles. The first-order valence-corrected chi connectivity index (χ1v) is 6.87. The van der Waals surface area contributed by atoms with Crippen LogP contribution in [0.4, 0.5) is 4.39 Å². The zero-order valence-corrected chi connectivity index (χ0v) is 11.9. The van der Waals surface area contributed by atoms with Gasteiger partial charge in [0.1, 0.15) is 5.82 Å². The van der Waals surface area contributed by atoms with Crippen molar-refractivity contribution in [1.29, 1.82) is 0 Å². The third-order valence-corrected chi connectivity index (χ3v) is 3.96. The van der Waals surface area contributed by atoms with Crippen LogP contribution in [0.1, 0.15) is 25.3 Å². The van der Waals surface area contributed by atoms with Crippen molar-refractivity contribution in [3.63, 3.8) is 0 Å². The Labute approximate surface area is 122 Å². The Bertz CT molecular complexity index is 575. The summed E-state index contributed by atoms with van der Waals surface area (Å²) in [5, 5.41) is 9.15. The second kappa shape index (κ2) is 6.08. The van der Waals surface area contributed by atoms with Crippen LogP contribution in [0.15, 0.2) is 30.3 Å². The summed E-state index contributed by atoms with van der Waals surface area (Å²) in [6.07, 6.45) is 3.86. The van der Waals surface area contributed by atoms with Gasteiger partial charge in [-0.3, -0.25) is 9.59 Å². The van der Waals surface area contributed by atoms with Crippen LogP contribution in [0.25, 0.3) is 6.08 Å². The van der Waals surface area contributed by atoms with E-state index in [4.69, 9.17) is 5.11 Å². The smallest absolute Gasteiger partial charge is 0.309 e. The molecule has 1 aromatic rings. The highest BCUT2D eigenvalue weighted by molar-refractivity contribution is 5.92. The third-order valence-electron chi connectivity index (χ3n) is 3.96. The number of carboxylic acid groups (broad SMARTS) is 1. The van der Waals surface area contributed by atoms with E-state index in [0.717, 1.165) is 0 Å². The second-order valence-electron chi connectivity index (χ2n) is 5.58. The Morgan fingerprint density at radius 2 is 2.00 bits per heavy atom. The van der Waals surface area contributed by atoms with E-state index in [-0.39, 0.29) is 11.7 Å². The van der Waals surface area contributed by atoms with Crippen LogP contribution in [0.3, 0.4) is 0 Å². The van der Waals surface area contributed by atoms with Gasteiger partial charge in [-0.15, -0.1) is 0 Å². The number of hydrogen-bond donors (Lipinski definition) is 1. The van der Waals surface area contributed by atoms with Gasteiger partial charge in [0.25, 0.3) is 0 Å². The van der Waals surface area contributed by atoms with E-state index < -0.39 is 11.4 Å². The topological polar surface area (TPSA) is 57.6 Å². The Hall–Kier alpha value is -2.17. The van der Waals surface area contributed by atoms with Gasteiger partial charge >= 0.3 is 5.97 Å². The Morgan fingerprint density at radius 1 is 1.33 bits per heavy atom. The van der Waals surface area contributed by atoms with E-state index in [0.29, 0.717) is 31.5 Å². The number of rotatable bonds is 3. The van der Waals surface area contributed by atoms with Crippen LogP contribution in [0, 0.1) is 11.2 Å². The van der Waals surface area contributed by atoms with E-state index in [1.807, 2.05) is 0 Å². The summed E-state index contributed by atoms with van der Waals surface area (Å²) in [6.45, 7) is 2.56. The molecule has 21 heavy (non-hydrogen) atoms. The molecule has 1 amide bonds. The van der Waals surface area contributed by atoms with Crippen LogP contribution in [-0.2, 0) is 9.59 Å². The van der Waals surface area contributed by atoms with E-state index in [1.165, 1.54) is 18.2 Å². The number of aliphatic carboxylic acids is 1. The number of halogens is 1. The van der Waals surface area contributed by atoms with Crippen molar-refractivity contribution >= 4 is 18.0 Å². The molecule has 1 saturated heterocycles. The average molecular weight is 291 g/mol. The Kier molecular flexibility index (Phi) is 4.40. The molecular weight excluding hydrogens is 273 g/mol. The summed E-state index contributed by atoms with van der Waals surface area (Å²) in [4.78, 5) is 24.8. The fourth-order valence-corrected chi connectivity index (χ4v) is 2.32. The quantitative estimate of drug-likeness (QED) is 0.871. The first-order chi connectivity index (χ1) is 9.90. The predicted octanol–water partition coefficient (Wildman–Crippen LogP) is 2.55. The van der Waals surface area contributed by atoms with Crippen molar-refractivity contribution < 1.29 is 19.1 Å². The molecule has 0 radical (unpaired) electrons. The molecule has 1 heterocycles. The number of nitrogens with zero attached hydrogens (tertiary/aromatic N) is 1. The maximum Gasteiger partial charge on any atom is 0.309 e. The monoisotopic (exact) mass is 291 g/mol. The summed E-state index contributed by atoms with van der Waals surface area (Å²) in [5.74, 6) is -1.34. The first kappa shape index (κ1) is 15.2. The molecule has 0 aliphatic carbocycles. The van der Waals surface area contributed by atoms with Crippen LogP contribution in [0.5, 0.6) is 0 Å². The molecule has 1 aliphatic rings. The minimum absolute atomic E-state index is 0.174.